The van der Waals surface area contributed by atoms with Crippen molar-refractivity contribution in [2.75, 3.05) is 14.1 Å². The highest BCUT2D eigenvalue weighted by Gasteiger charge is 1.98. The van der Waals surface area contributed by atoms with E-state index in [9.17, 15) is 0 Å². The van der Waals surface area contributed by atoms with Crippen LogP contribution >= 0.6 is 11.6 Å². The lowest BCUT2D eigenvalue weighted by molar-refractivity contribution is 0.475. The highest BCUT2D eigenvalue weighted by atomic mass is 35.5. The molecule has 1 aromatic carbocycles. The van der Waals surface area contributed by atoms with Crippen molar-refractivity contribution < 1.29 is 5.11 Å². The molecule has 1 rings (SSSR count). The second-order valence-electron chi connectivity index (χ2n) is 2.84. The van der Waals surface area contributed by atoms with Crippen molar-refractivity contribution in [3.63, 3.8) is 0 Å². The highest BCUT2D eigenvalue weighted by Crippen LogP contribution is 2.27. The summed E-state index contributed by atoms with van der Waals surface area (Å²) in [6.07, 6.45) is 1.65. The number of phenols is 1. The van der Waals surface area contributed by atoms with Crippen LogP contribution in [0.2, 0.25) is 5.02 Å². The standard InChI is InChI=1S/C9H11ClN2O/c1-12(2)6-11-9-4-3-7(13)5-8(9)10/h3-6,13H,1-2H3. The zero-order valence-electron chi connectivity index (χ0n) is 7.53. The third-order valence-corrected chi connectivity index (χ3v) is 1.66. The van der Waals surface area contributed by atoms with E-state index in [0.717, 1.165) is 0 Å². The largest absolute Gasteiger partial charge is 0.508 e. The van der Waals surface area contributed by atoms with Crippen LogP contribution < -0.4 is 0 Å². The molecule has 3 nitrogen and oxygen atoms in total. The molecule has 0 aromatic heterocycles. The Morgan fingerprint density at radius 3 is 2.69 bits per heavy atom. The molecule has 0 spiro atoms. The van der Waals surface area contributed by atoms with Crippen LogP contribution in [0.4, 0.5) is 5.69 Å². The number of aliphatic imine (C=N–C) groups is 1. The third-order valence-electron chi connectivity index (χ3n) is 1.36. The molecule has 0 saturated carbocycles. The van der Waals surface area contributed by atoms with E-state index in [1.807, 2.05) is 19.0 Å². The molecular weight excluding hydrogens is 188 g/mol. The fourth-order valence-electron chi connectivity index (χ4n) is 0.778. The van der Waals surface area contributed by atoms with Crippen LogP contribution in [0.3, 0.4) is 0 Å². The molecule has 0 aliphatic carbocycles. The Morgan fingerprint density at radius 1 is 1.46 bits per heavy atom. The summed E-state index contributed by atoms with van der Waals surface area (Å²) in [6.45, 7) is 0. The molecule has 0 aliphatic heterocycles. The van der Waals surface area contributed by atoms with Crippen molar-refractivity contribution in [2.24, 2.45) is 4.99 Å². The molecule has 0 aliphatic rings. The van der Waals surface area contributed by atoms with E-state index in [-0.39, 0.29) is 5.75 Å². The average molecular weight is 199 g/mol. The fourth-order valence-corrected chi connectivity index (χ4v) is 1.00. The summed E-state index contributed by atoms with van der Waals surface area (Å²) in [6, 6.07) is 4.68. The van der Waals surface area contributed by atoms with Crippen molar-refractivity contribution >= 4 is 23.6 Å². The molecule has 70 valence electrons. The molecule has 0 atom stereocenters. The summed E-state index contributed by atoms with van der Waals surface area (Å²) < 4.78 is 0. The summed E-state index contributed by atoms with van der Waals surface area (Å²) >= 11 is 5.82. The van der Waals surface area contributed by atoms with Gasteiger partial charge < -0.3 is 10.0 Å². The van der Waals surface area contributed by atoms with Crippen molar-refractivity contribution in [3.05, 3.63) is 23.2 Å². The van der Waals surface area contributed by atoms with E-state index in [1.54, 1.807) is 18.5 Å². The first-order valence-electron chi connectivity index (χ1n) is 3.79. The van der Waals surface area contributed by atoms with Gasteiger partial charge >= 0.3 is 0 Å². The predicted molar refractivity (Wildman–Crippen MR) is 55.0 cm³/mol. The van der Waals surface area contributed by atoms with Gasteiger partial charge in [0.1, 0.15) is 5.75 Å². The lowest BCUT2D eigenvalue weighted by atomic mass is 10.3. The first-order chi connectivity index (χ1) is 6.09. The van der Waals surface area contributed by atoms with E-state index in [2.05, 4.69) is 4.99 Å². The zero-order chi connectivity index (χ0) is 9.84. The number of benzene rings is 1. The zero-order valence-corrected chi connectivity index (χ0v) is 8.28. The lowest BCUT2D eigenvalue weighted by Gasteiger charge is -2.03. The monoisotopic (exact) mass is 198 g/mol. The van der Waals surface area contributed by atoms with Crippen LogP contribution in [-0.4, -0.2) is 30.4 Å². The molecule has 0 fully saturated rings. The number of rotatable bonds is 2. The van der Waals surface area contributed by atoms with Crippen LogP contribution in [0.15, 0.2) is 23.2 Å². The SMILES string of the molecule is CN(C)C=Nc1ccc(O)cc1Cl. The smallest absolute Gasteiger partial charge is 0.117 e. The topological polar surface area (TPSA) is 35.8 Å². The van der Waals surface area contributed by atoms with Crippen LogP contribution in [0, 0.1) is 0 Å². The second kappa shape index (κ2) is 4.14. The van der Waals surface area contributed by atoms with Crippen molar-refractivity contribution in [1.29, 1.82) is 0 Å². The third kappa shape index (κ3) is 2.95. The van der Waals surface area contributed by atoms with Gasteiger partial charge in [-0.1, -0.05) is 11.6 Å². The maximum absolute atomic E-state index is 9.07. The Kier molecular flexibility index (Phi) is 3.14. The summed E-state index contributed by atoms with van der Waals surface area (Å²) in [5.41, 5.74) is 0.646. The van der Waals surface area contributed by atoms with Crippen molar-refractivity contribution in [2.45, 2.75) is 0 Å². The van der Waals surface area contributed by atoms with Gasteiger partial charge in [-0.3, -0.25) is 0 Å². The molecule has 0 saturated heterocycles. The van der Waals surface area contributed by atoms with Crippen molar-refractivity contribution in [1.82, 2.24) is 4.90 Å². The lowest BCUT2D eigenvalue weighted by Crippen LogP contribution is -2.06. The Bertz CT molecular complexity index is 323. The predicted octanol–water partition coefficient (Wildman–Crippen LogP) is 2.27. The van der Waals surface area contributed by atoms with E-state index in [4.69, 9.17) is 16.7 Å². The number of phenolic OH excluding ortho intramolecular Hbond substituents is 1. The van der Waals surface area contributed by atoms with Gasteiger partial charge in [0.15, 0.2) is 0 Å². The van der Waals surface area contributed by atoms with Crippen LogP contribution in [-0.2, 0) is 0 Å². The summed E-state index contributed by atoms with van der Waals surface area (Å²) in [7, 11) is 3.75. The van der Waals surface area contributed by atoms with Gasteiger partial charge in [-0.25, -0.2) is 4.99 Å². The maximum Gasteiger partial charge on any atom is 0.117 e. The van der Waals surface area contributed by atoms with E-state index >= 15 is 0 Å². The Balaban J connectivity index is 2.90. The van der Waals surface area contributed by atoms with Gasteiger partial charge in [0.2, 0.25) is 0 Å². The number of nitrogens with zero attached hydrogens (tertiary/aromatic N) is 2. The normalized spacial score (nSPS) is 10.7. The summed E-state index contributed by atoms with van der Waals surface area (Å²) in [5, 5.41) is 9.51. The highest BCUT2D eigenvalue weighted by molar-refractivity contribution is 6.33. The van der Waals surface area contributed by atoms with Crippen LogP contribution in [0.5, 0.6) is 5.75 Å². The first kappa shape index (κ1) is 9.86. The van der Waals surface area contributed by atoms with Crippen molar-refractivity contribution in [3.8, 4) is 5.75 Å². The molecule has 0 heterocycles. The molecule has 13 heavy (non-hydrogen) atoms. The van der Waals surface area contributed by atoms with Gasteiger partial charge in [0, 0.05) is 20.2 Å². The Labute approximate surface area is 82.3 Å². The molecule has 0 radical (unpaired) electrons. The van der Waals surface area contributed by atoms with Crippen LogP contribution in [0.25, 0.3) is 0 Å². The molecule has 4 heteroatoms. The number of hydrogen-bond donors (Lipinski definition) is 1. The Hall–Kier alpha value is -1.22. The van der Waals surface area contributed by atoms with E-state index in [0.29, 0.717) is 10.7 Å². The van der Waals surface area contributed by atoms with E-state index < -0.39 is 0 Å². The average Bonchev–Trinajstić information content (AvgIpc) is 2.02. The quantitative estimate of drug-likeness (QED) is 0.585. The minimum absolute atomic E-state index is 0.147. The molecule has 0 unspecified atom stereocenters. The summed E-state index contributed by atoms with van der Waals surface area (Å²) in [5.74, 6) is 0.147. The van der Waals surface area contributed by atoms with Gasteiger partial charge in [-0.2, -0.15) is 0 Å². The minimum atomic E-state index is 0.147. The van der Waals surface area contributed by atoms with Gasteiger partial charge in [0.25, 0.3) is 0 Å². The maximum atomic E-state index is 9.07. The minimum Gasteiger partial charge on any atom is -0.508 e. The molecule has 0 amide bonds. The van der Waals surface area contributed by atoms with E-state index in [1.165, 1.54) is 6.07 Å². The van der Waals surface area contributed by atoms with Crippen LogP contribution in [0.1, 0.15) is 0 Å². The molecule has 1 aromatic rings. The second-order valence-corrected chi connectivity index (χ2v) is 3.25. The summed E-state index contributed by atoms with van der Waals surface area (Å²) in [4.78, 5) is 5.91. The molecular formula is C9H11ClN2O. The molecule has 0 bridgehead atoms. The van der Waals surface area contributed by atoms with Gasteiger partial charge in [-0.15, -0.1) is 0 Å². The molecule has 1 N–H and O–H groups in total. The first-order valence-corrected chi connectivity index (χ1v) is 4.16. The number of aromatic hydroxyl groups is 1. The van der Waals surface area contributed by atoms with Gasteiger partial charge in [0.05, 0.1) is 17.0 Å². The number of halogens is 1. The number of hydrogen-bond acceptors (Lipinski definition) is 2. The Morgan fingerprint density at radius 2 is 2.15 bits per heavy atom. The van der Waals surface area contributed by atoms with Gasteiger partial charge in [-0.05, 0) is 12.1 Å². The fraction of sp³-hybridized carbons (Fsp3) is 0.222.